The van der Waals surface area contributed by atoms with Gasteiger partial charge in [-0.25, -0.2) is 0 Å². The molecule has 0 spiro atoms. The maximum atomic E-state index is 13.2. The molecule has 31 heavy (non-hydrogen) atoms. The third-order valence-electron chi connectivity index (χ3n) is 6.83. The van der Waals surface area contributed by atoms with Crippen LogP contribution in [0.25, 0.3) is 16.5 Å². The van der Waals surface area contributed by atoms with Crippen molar-refractivity contribution >= 4 is 28.3 Å². The monoisotopic (exact) mass is 437 g/mol. The third-order valence-corrected chi connectivity index (χ3v) is 7.14. The Kier molecular flexibility index (Phi) is 5.63. The van der Waals surface area contributed by atoms with E-state index < -0.39 is 0 Å². The van der Waals surface area contributed by atoms with E-state index in [-0.39, 0.29) is 11.8 Å². The van der Waals surface area contributed by atoms with Gasteiger partial charge in [0.25, 0.3) is 5.91 Å². The molecule has 0 radical (unpaired) electrons. The summed E-state index contributed by atoms with van der Waals surface area (Å²) in [7, 11) is 0. The summed E-state index contributed by atoms with van der Waals surface area (Å²) in [4.78, 5) is 17.7. The molecule has 2 heterocycles. The average Bonchev–Trinajstić information content (AvgIpc) is 3.17. The molecule has 6 heteroatoms. The van der Waals surface area contributed by atoms with Crippen LogP contribution in [0.1, 0.15) is 42.5 Å². The average molecular weight is 438 g/mol. The summed E-state index contributed by atoms with van der Waals surface area (Å²) in [5, 5.41) is 12.7. The number of aromatic hydroxyl groups is 1. The van der Waals surface area contributed by atoms with E-state index >= 15 is 0 Å². The van der Waals surface area contributed by atoms with Gasteiger partial charge < -0.3 is 10.0 Å². The van der Waals surface area contributed by atoms with E-state index in [1.165, 1.54) is 32.1 Å². The number of carbonyl (C=O) groups excluding carboxylic acids is 1. The first-order valence-electron chi connectivity index (χ1n) is 11.2. The van der Waals surface area contributed by atoms with Crippen LogP contribution in [0.15, 0.2) is 48.7 Å². The quantitative estimate of drug-likeness (QED) is 0.621. The summed E-state index contributed by atoms with van der Waals surface area (Å²) in [6.45, 7) is 3.46. The van der Waals surface area contributed by atoms with Crippen molar-refractivity contribution in [3.63, 3.8) is 0 Å². The molecule has 1 aliphatic heterocycles. The summed E-state index contributed by atoms with van der Waals surface area (Å²) in [5.41, 5.74) is 1.39. The number of rotatable bonds is 3. The van der Waals surface area contributed by atoms with Crippen LogP contribution in [-0.4, -0.2) is 57.6 Å². The molecule has 2 aliphatic rings. The lowest BCUT2D eigenvalue weighted by molar-refractivity contribution is 0.0523. The van der Waals surface area contributed by atoms with Crippen molar-refractivity contribution in [2.24, 2.45) is 0 Å². The van der Waals surface area contributed by atoms with Gasteiger partial charge in [0.1, 0.15) is 0 Å². The molecule has 162 valence electrons. The molecular formula is C25H28ClN3O2. The SMILES string of the molecule is O=C(c1cccc(-n2cc3cccc(Cl)c3c2O)c1)N1CCN(C2CCCCC2)CC1. The molecule has 1 aliphatic carbocycles. The normalized spacial score (nSPS) is 18.5. The van der Waals surface area contributed by atoms with Crippen LogP contribution in [0.4, 0.5) is 0 Å². The molecule has 2 fully saturated rings. The highest BCUT2D eigenvalue weighted by molar-refractivity contribution is 6.36. The Labute approximate surface area is 187 Å². The summed E-state index contributed by atoms with van der Waals surface area (Å²) >= 11 is 6.28. The number of amides is 1. The molecule has 5 rings (SSSR count). The molecule has 1 saturated carbocycles. The molecule has 0 atom stereocenters. The Morgan fingerprint density at radius 2 is 1.71 bits per heavy atom. The number of halogens is 1. The Bertz CT molecular complexity index is 1100. The van der Waals surface area contributed by atoms with E-state index in [2.05, 4.69) is 4.90 Å². The second-order valence-corrected chi connectivity index (χ2v) is 9.10. The van der Waals surface area contributed by atoms with Crippen molar-refractivity contribution in [3.05, 3.63) is 59.2 Å². The molecule has 1 aromatic heterocycles. The Morgan fingerprint density at radius 1 is 0.968 bits per heavy atom. The van der Waals surface area contributed by atoms with E-state index in [1.54, 1.807) is 10.6 Å². The number of piperazine rings is 1. The fourth-order valence-corrected chi connectivity index (χ4v) is 5.38. The lowest BCUT2D eigenvalue weighted by Crippen LogP contribution is -2.52. The van der Waals surface area contributed by atoms with Gasteiger partial charge in [-0.3, -0.25) is 14.3 Å². The fraction of sp³-hybridized carbons (Fsp3) is 0.400. The van der Waals surface area contributed by atoms with Crippen molar-refractivity contribution in [2.45, 2.75) is 38.1 Å². The molecule has 1 N–H and O–H groups in total. The van der Waals surface area contributed by atoms with E-state index in [0.717, 1.165) is 37.3 Å². The highest BCUT2D eigenvalue weighted by Gasteiger charge is 2.27. The van der Waals surface area contributed by atoms with Crippen molar-refractivity contribution in [3.8, 4) is 11.6 Å². The van der Waals surface area contributed by atoms with Crippen molar-refractivity contribution < 1.29 is 9.90 Å². The number of aromatic nitrogens is 1. The van der Waals surface area contributed by atoms with Gasteiger partial charge in [-0.15, -0.1) is 0 Å². The zero-order valence-corrected chi connectivity index (χ0v) is 18.4. The minimum atomic E-state index is 0.0550. The molecule has 1 amide bonds. The van der Waals surface area contributed by atoms with Gasteiger partial charge in [0.2, 0.25) is 5.88 Å². The molecule has 0 bridgehead atoms. The first-order valence-corrected chi connectivity index (χ1v) is 11.6. The molecule has 1 saturated heterocycles. The predicted molar refractivity (Wildman–Crippen MR) is 124 cm³/mol. The summed E-state index contributed by atoms with van der Waals surface area (Å²) in [5.74, 6) is 0.144. The molecule has 0 unspecified atom stereocenters. The lowest BCUT2D eigenvalue weighted by atomic mass is 9.94. The van der Waals surface area contributed by atoms with Gasteiger partial charge in [0, 0.05) is 55.1 Å². The number of nitrogens with zero attached hydrogens (tertiary/aromatic N) is 3. The van der Waals surface area contributed by atoms with Crippen molar-refractivity contribution in [2.75, 3.05) is 26.2 Å². The Balaban J connectivity index is 1.33. The molecule has 5 nitrogen and oxygen atoms in total. The van der Waals surface area contributed by atoms with Gasteiger partial charge >= 0.3 is 0 Å². The maximum Gasteiger partial charge on any atom is 0.254 e. The van der Waals surface area contributed by atoms with E-state index in [9.17, 15) is 9.90 Å². The van der Waals surface area contributed by atoms with Crippen LogP contribution >= 0.6 is 11.6 Å². The van der Waals surface area contributed by atoms with E-state index in [1.807, 2.05) is 47.5 Å². The Hall–Kier alpha value is -2.50. The van der Waals surface area contributed by atoms with Crippen LogP contribution in [-0.2, 0) is 0 Å². The van der Waals surface area contributed by atoms with Gasteiger partial charge in [0.05, 0.1) is 10.4 Å². The van der Waals surface area contributed by atoms with Gasteiger partial charge in [0.15, 0.2) is 0 Å². The fourth-order valence-electron chi connectivity index (χ4n) is 5.11. The van der Waals surface area contributed by atoms with Crippen LogP contribution in [0.5, 0.6) is 5.88 Å². The third kappa shape index (κ3) is 3.92. The Morgan fingerprint density at radius 3 is 2.45 bits per heavy atom. The highest BCUT2D eigenvalue weighted by Crippen LogP contribution is 2.35. The molecular weight excluding hydrogens is 410 g/mol. The second-order valence-electron chi connectivity index (χ2n) is 8.70. The number of carbonyl (C=O) groups is 1. The van der Waals surface area contributed by atoms with E-state index in [4.69, 9.17) is 11.6 Å². The number of benzene rings is 2. The van der Waals surface area contributed by atoms with Gasteiger partial charge in [-0.1, -0.05) is 49.1 Å². The van der Waals surface area contributed by atoms with Crippen molar-refractivity contribution in [1.82, 2.24) is 14.4 Å². The largest absolute Gasteiger partial charge is 0.494 e. The zero-order valence-electron chi connectivity index (χ0n) is 17.6. The summed E-state index contributed by atoms with van der Waals surface area (Å²) in [6, 6.07) is 13.7. The van der Waals surface area contributed by atoms with Crippen LogP contribution in [0, 0.1) is 0 Å². The minimum absolute atomic E-state index is 0.0550. The molecule has 2 aromatic carbocycles. The van der Waals surface area contributed by atoms with Crippen LogP contribution < -0.4 is 0 Å². The zero-order chi connectivity index (χ0) is 21.4. The number of hydrogen-bond acceptors (Lipinski definition) is 3. The summed E-state index contributed by atoms with van der Waals surface area (Å²) in [6.07, 6.45) is 8.49. The topological polar surface area (TPSA) is 48.7 Å². The maximum absolute atomic E-state index is 13.2. The van der Waals surface area contributed by atoms with Crippen LogP contribution in [0.3, 0.4) is 0 Å². The summed E-state index contributed by atoms with van der Waals surface area (Å²) < 4.78 is 1.69. The van der Waals surface area contributed by atoms with Crippen LogP contribution in [0.2, 0.25) is 5.02 Å². The lowest BCUT2D eigenvalue weighted by Gasteiger charge is -2.40. The molecule has 3 aromatic rings. The minimum Gasteiger partial charge on any atom is -0.494 e. The first-order chi connectivity index (χ1) is 15.1. The smallest absolute Gasteiger partial charge is 0.254 e. The van der Waals surface area contributed by atoms with E-state index in [0.29, 0.717) is 22.0 Å². The number of fused-ring (bicyclic) bond motifs is 1. The standard InChI is InChI=1S/C25H28ClN3O2/c26-22-11-5-7-19-17-29(25(31)23(19)22)21-10-4-6-18(16-21)24(30)28-14-12-27(13-15-28)20-8-2-1-3-9-20/h4-7,10-11,16-17,20,31H,1-3,8-9,12-15H2. The first kappa shape index (κ1) is 20.4. The van der Waals surface area contributed by atoms with Crippen molar-refractivity contribution in [1.29, 1.82) is 0 Å². The predicted octanol–water partition coefficient (Wildman–Crippen LogP) is 5.08. The number of hydrogen-bond donors (Lipinski definition) is 1. The highest BCUT2D eigenvalue weighted by atomic mass is 35.5. The second kappa shape index (κ2) is 8.56. The van der Waals surface area contributed by atoms with Gasteiger partial charge in [-0.05, 0) is 37.1 Å². The van der Waals surface area contributed by atoms with Gasteiger partial charge in [-0.2, -0.15) is 0 Å².